The first-order valence-electron chi connectivity index (χ1n) is 8.75. The minimum absolute atomic E-state index is 0.00938. The van der Waals surface area contributed by atoms with Gasteiger partial charge in [-0.3, -0.25) is 9.59 Å². The van der Waals surface area contributed by atoms with Crippen molar-refractivity contribution in [3.63, 3.8) is 0 Å². The summed E-state index contributed by atoms with van der Waals surface area (Å²) < 4.78 is 0. The average molecular weight is 401 g/mol. The molecule has 28 heavy (non-hydrogen) atoms. The fourth-order valence-corrected chi connectivity index (χ4v) is 3.46. The number of aromatic nitrogens is 4. The molecule has 10 heteroatoms. The molecule has 1 fully saturated rings. The molecule has 1 aliphatic heterocycles. The van der Waals surface area contributed by atoms with Crippen LogP contribution in [-0.4, -0.2) is 60.9 Å². The maximum Gasteiger partial charge on any atom is 0.272 e. The van der Waals surface area contributed by atoms with Gasteiger partial charge in [0.2, 0.25) is 0 Å². The summed E-state index contributed by atoms with van der Waals surface area (Å²) in [6, 6.07) is 4.22. The zero-order valence-corrected chi connectivity index (χ0v) is 15.5. The fraction of sp³-hybridized carbons (Fsp3) is 0.278. The van der Waals surface area contributed by atoms with E-state index in [1.807, 2.05) is 0 Å². The van der Waals surface area contributed by atoms with Crippen molar-refractivity contribution in [2.24, 2.45) is 0 Å². The number of phenolic OH excluding ortho intramolecular Hbond substituents is 1. The topological polar surface area (TPSA) is 124 Å². The third kappa shape index (κ3) is 3.48. The molecule has 3 aromatic rings. The number of imidazole rings is 1. The summed E-state index contributed by atoms with van der Waals surface area (Å²) in [5, 5.41) is 12.9. The van der Waals surface area contributed by atoms with E-state index in [-0.39, 0.29) is 34.9 Å². The van der Waals surface area contributed by atoms with Crippen LogP contribution in [0.1, 0.15) is 33.7 Å². The van der Waals surface area contributed by atoms with E-state index in [0.29, 0.717) is 42.1 Å². The van der Waals surface area contributed by atoms with Crippen molar-refractivity contribution in [1.29, 1.82) is 0 Å². The van der Waals surface area contributed by atoms with Gasteiger partial charge < -0.3 is 20.3 Å². The molecular formula is C18H17ClN6O3. The van der Waals surface area contributed by atoms with Gasteiger partial charge in [0.05, 0.1) is 16.9 Å². The van der Waals surface area contributed by atoms with Gasteiger partial charge in [-0.2, -0.15) is 0 Å². The zero-order chi connectivity index (χ0) is 19.7. The maximum atomic E-state index is 12.7. The molecule has 9 nitrogen and oxygen atoms in total. The summed E-state index contributed by atoms with van der Waals surface area (Å²) in [7, 11) is 0. The van der Waals surface area contributed by atoms with Gasteiger partial charge in [-0.1, -0.05) is 11.6 Å². The number of aromatic amines is 1. The van der Waals surface area contributed by atoms with Gasteiger partial charge in [0, 0.05) is 19.1 Å². The predicted molar refractivity (Wildman–Crippen MR) is 101 cm³/mol. The molecular weight excluding hydrogens is 384 g/mol. The molecule has 0 spiro atoms. The van der Waals surface area contributed by atoms with E-state index in [1.54, 1.807) is 4.90 Å². The minimum atomic E-state index is -0.308. The second-order valence-corrected chi connectivity index (χ2v) is 6.93. The lowest BCUT2D eigenvalue weighted by Crippen LogP contribution is -2.46. The normalized spacial score (nSPS) is 15.0. The summed E-state index contributed by atoms with van der Waals surface area (Å²) in [6.45, 7) is 0.942. The number of hydrogen-bond donors (Lipinski definition) is 3. The van der Waals surface area contributed by atoms with Crippen molar-refractivity contribution >= 4 is 34.6 Å². The number of fused-ring (bicyclic) bond motifs is 1. The number of benzene rings is 1. The van der Waals surface area contributed by atoms with Crippen molar-refractivity contribution in [3.05, 3.63) is 47.1 Å². The van der Waals surface area contributed by atoms with Crippen LogP contribution in [0.15, 0.2) is 30.9 Å². The Morgan fingerprint density at radius 1 is 1.21 bits per heavy atom. The number of nitrogens with zero attached hydrogens (tertiary/aromatic N) is 4. The molecule has 1 saturated heterocycles. The van der Waals surface area contributed by atoms with Gasteiger partial charge in [0.25, 0.3) is 11.8 Å². The number of likely N-dealkylation sites (tertiary alicyclic amines) is 1. The molecule has 0 radical (unpaired) electrons. The van der Waals surface area contributed by atoms with Gasteiger partial charge in [0.15, 0.2) is 11.3 Å². The molecule has 0 saturated carbocycles. The maximum absolute atomic E-state index is 12.7. The first kappa shape index (κ1) is 18.2. The largest absolute Gasteiger partial charge is 0.508 e. The number of H-pyrrole nitrogens is 1. The summed E-state index contributed by atoms with van der Waals surface area (Å²) in [6.07, 6.45) is 3.97. The number of aromatic hydroxyl groups is 1. The van der Waals surface area contributed by atoms with Crippen molar-refractivity contribution in [2.75, 3.05) is 13.1 Å². The van der Waals surface area contributed by atoms with Gasteiger partial charge >= 0.3 is 0 Å². The average Bonchev–Trinajstić information content (AvgIpc) is 3.18. The number of nitrogens with one attached hydrogen (secondary N) is 2. The Bertz CT molecular complexity index is 1040. The van der Waals surface area contributed by atoms with E-state index in [2.05, 4.69) is 25.3 Å². The Labute approximate surface area is 164 Å². The van der Waals surface area contributed by atoms with Crippen molar-refractivity contribution in [1.82, 2.24) is 30.2 Å². The van der Waals surface area contributed by atoms with E-state index in [9.17, 15) is 14.7 Å². The summed E-state index contributed by atoms with van der Waals surface area (Å²) in [5.74, 6) is -0.553. The third-order valence-corrected chi connectivity index (χ3v) is 5.07. The Morgan fingerprint density at radius 3 is 2.79 bits per heavy atom. The first-order valence-corrected chi connectivity index (χ1v) is 9.13. The lowest BCUT2D eigenvalue weighted by atomic mass is 10.0. The number of rotatable bonds is 3. The number of phenols is 1. The van der Waals surface area contributed by atoms with Gasteiger partial charge in [-0.25, -0.2) is 15.0 Å². The number of amides is 2. The van der Waals surface area contributed by atoms with Gasteiger partial charge in [-0.15, -0.1) is 0 Å². The van der Waals surface area contributed by atoms with E-state index in [1.165, 1.54) is 30.9 Å². The number of carbonyl (C=O) groups is 2. The van der Waals surface area contributed by atoms with E-state index in [4.69, 9.17) is 11.6 Å². The molecule has 3 heterocycles. The van der Waals surface area contributed by atoms with E-state index >= 15 is 0 Å². The highest BCUT2D eigenvalue weighted by Crippen LogP contribution is 2.24. The monoisotopic (exact) mass is 400 g/mol. The van der Waals surface area contributed by atoms with Crippen LogP contribution in [-0.2, 0) is 0 Å². The number of carbonyl (C=O) groups excluding carboxylic acids is 2. The van der Waals surface area contributed by atoms with Crippen LogP contribution in [0.25, 0.3) is 11.2 Å². The van der Waals surface area contributed by atoms with Crippen LogP contribution in [0.4, 0.5) is 0 Å². The molecule has 0 atom stereocenters. The molecule has 2 amide bonds. The van der Waals surface area contributed by atoms with Crippen molar-refractivity contribution < 1.29 is 14.7 Å². The fourth-order valence-electron chi connectivity index (χ4n) is 3.27. The first-order chi connectivity index (χ1) is 13.5. The molecule has 0 unspecified atom stereocenters. The summed E-state index contributed by atoms with van der Waals surface area (Å²) in [4.78, 5) is 41.8. The number of halogens is 1. The highest BCUT2D eigenvalue weighted by atomic mass is 35.5. The molecule has 144 valence electrons. The number of piperidine rings is 1. The van der Waals surface area contributed by atoms with Gasteiger partial charge in [-0.05, 0) is 31.0 Å². The molecule has 3 N–H and O–H groups in total. The van der Waals surface area contributed by atoms with Crippen LogP contribution in [0.3, 0.4) is 0 Å². The standard InChI is InChI=1S/C18H17ClN6O3/c19-13-2-1-11(26)7-12(13)18(28)25-5-3-10(4-6-25)24-17(27)15-14-16(22-8-20-14)23-9-21-15/h1-2,7-10,26H,3-6H2,(H,24,27)(H,20,21,22,23). The van der Waals surface area contributed by atoms with Crippen LogP contribution in [0.5, 0.6) is 5.75 Å². The highest BCUT2D eigenvalue weighted by molar-refractivity contribution is 6.33. The quantitative estimate of drug-likeness (QED) is 0.615. The lowest BCUT2D eigenvalue weighted by Gasteiger charge is -2.32. The second kappa shape index (κ2) is 7.43. The lowest BCUT2D eigenvalue weighted by molar-refractivity contribution is 0.0697. The van der Waals surface area contributed by atoms with Crippen molar-refractivity contribution in [2.45, 2.75) is 18.9 Å². The summed E-state index contributed by atoms with van der Waals surface area (Å²) in [5.41, 5.74) is 1.44. The second-order valence-electron chi connectivity index (χ2n) is 6.53. The minimum Gasteiger partial charge on any atom is -0.508 e. The van der Waals surface area contributed by atoms with Gasteiger partial charge in [0.1, 0.15) is 17.6 Å². The highest BCUT2D eigenvalue weighted by Gasteiger charge is 2.27. The molecule has 1 aliphatic rings. The Balaban J connectivity index is 1.39. The molecule has 0 bridgehead atoms. The van der Waals surface area contributed by atoms with Crippen LogP contribution >= 0.6 is 11.6 Å². The Morgan fingerprint density at radius 2 is 2.00 bits per heavy atom. The molecule has 4 rings (SSSR count). The van der Waals surface area contributed by atoms with Crippen LogP contribution in [0.2, 0.25) is 5.02 Å². The Kier molecular flexibility index (Phi) is 4.82. The summed E-state index contributed by atoms with van der Waals surface area (Å²) >= 11 is 6.08. The smallest absolute Gasteiger partial charge is 0.272 e. The van der Waals surface area contributed by atoms with E-state index < -0.39 is 0 Å². The Hall–Kier alpha value is -3.20. The third-order valence-electron chi connectivity index (χ3n) is 4.74. The molecule has 1 aromatic carbocycles. The van der Waals surface area contributed by atoms with E-state index in [0.717, 1.165) is 0 Å². The van der Waals surface area contributed by atoms with Crippen LogP contribution < -0.4 is 5.32 Å². The number of hydrogen-bond acceptors (Lipinski definition) is 6. The van der Waals surface area contributed by atoms with Crippen LogP contribution in [0, 0.1) is 0 Å². The molecule has 0 aliphatic carbocycles. The molecule has 2 aromatic heterocycles. The van der Waals surface area contributed by atoms with Crippen molar-refractivity contribution in [3.8, 4) is 5.75 Å². The SMILES string of the molecule is O=C(NC1CCN(C(=O)c2cc(O)ccc2Cl)CC1)c1ncnc2nc[nH]c12. The predicted octanol–water partition coefficient (Wildman–Crippen LogP) is 1.75. The zero-order valence-electron chi connectivity index (χ0n) is 14.7.